The second kappa shape index (κ2) is 12.2. The lowest BCUT2D eigenvalue weighted by molar-refractivity contribution is 0.00596. The lowest BCUT2D eigenvalue weighted by atomic mass is 10.1. The van der Waals surface area contributed by atoms with Gasteiger partial charge >= 0.3 is 6.09 Å². The Bertz CT molecular complexity index is 588. The van der Waals surface area contributed by atoms with Crippen LogP contribution in [0.1, 0.15) is 40.2 Å². The molecule has 0 unspecified atom stereocenters. The molecule has 0 aliphatic carbocycles. The summed E-state index contributed by atoms with van der Waals surface area (Å²) < 4.78 is 28.1. The summed E-state index contributed by atoms with van der Waals surface area (Å²) in [4.78, 5) is 11.8. The van der Waals surface area contributed by atoms with Crippen molar-refractivity contribution in [2.24, 2.45) is 0 Å². The van der Waals surface area contributed by atoms with E-state index in [1.165, 1.54) is 0 Å². The summed E-state index contributed by atoms with van der Waals surface area (Å²) in [5.74, 6) is 1.17. The predicted molar refractivity (Wildman–Crippen MR) is 111 cm³/mol. The number of carbonyl (C=O) groups excluding carboxylic acids is 1. The van der Waals surface area contributed by atoms with Crippen LogP contribution in [0.15, 0.2) is 12.1 Å². The Labute approximate surface area is 175 Å². The Morgan fingerprint density at radius 2 is 1.59 bits per heavy atom. The first-order valence-electron chi connectivity index (χ1n) is 8.97. The van der Waals surface area contributed by atoms with Crippen molar-refractivity contribution in [2.75, 3.05) is 33.3 Å². The molecule has 1 aromatic carbocycles. The van der Waals surface area contributed by atoms with Crippen LogP contribution in [0.5, 0.6) is 11.5 Å². The van der Waals surface area contributed by atoms with E-state index in [0.717, 1.165) is 9.13 Å². The first kappa shape index (κ1) is 23.8. The quantitative estimate of drug-likeness (QED) is 0.283. The van der Waals surface area contributed by atoms with Crippen molar-refractivity contribution in [2.45, 2.75) is 46.6 Å². The molecule has 1 amide bonds. The maximum absolute atomic E-state index is 11.8. The summed E-state index contributed by atoms with van der Waals surface area (Å²) in [5.41, 5.74) is 0.514. The summed E-state index contributed by atoms with van der Waals surface area (Å²) in [6, 6.07) is 3.79. The van der Waals surface area contributed by atoms with Gasteiger partial charge in [0.1, 0.15) is 5.60 Å². The topological polar surface area (TPSA) is 75.3 Å². The highest BCUT2D eigenvalue weighted by Gasteiger charge is 2.16. The van der Waals surface area contributed by atoms with Gasteiger partial charge < -0.3 is 29.0 Å². The molecule has 0 atom stereocenters. The van der Waals surface area contributed by atoms with Gasteiger partial charge in [-0.05, 0) is 81.3 Å². The van der Waals surface area contributed by atoms with Gasteiger partial charge in [-0.25, -0.2) is 4.79 Å². The number of ether oxygens (including phenoxy) is 5. The largest absolute Gasteiger partial charge is 0.464 e. The van der Waals surface area contributed by atoms with Crippen molar-refractivity contribution in [1.29, 1.82) is 0 Å². The molecule has 0 saturated carbocycles. The SMILES string of the molecule is CCOCOc1cc(I)c(CCNC(=O)OC(C)(C)C)cc1OCOCC. The van der Waals surface area contributed by atoms with Gasteiger partial charge in [-0.15, -0.1) is 0 Å². The summed E-state index contributed by atoms with van der Waals surface area (Å²) in [6.07, 6.45) is 0.204. The zero-order chi connectivity index (χ0) is 20.3. The monoisotopic (exact) mass is 495 g/mol. The van der Waals surface area contributed by atoms with Gasteiger partial charge in [-0.1, -0.05) is 0 Å². The summed E-state index contributed by atoms with van der Waals surface area (Å²) in [7, 11) is 0. The highest BCUT2D eigenvalue weighted by Crippen LogP contribution is 2.32. The maximum Gasteiger partial charge on any atom is 0.407 e. The van der Waals surface area contributed by atoms with Crippen molar-refractivity contribution in [3.63, 3.8) is 0 Å². The first-order chi connectivity index (χ1) is 12.8. The number of amides is 1. The average Bonchev–Trinajstić information content (AvgIpc) is 2.56. The molecule has 1 N–H and O–H groups in total. The van der Waals surface area contributed by atoms with Gasteiger partial charge in [0.15, 0.2) is 25.1 Å². The zero-order valence-electron chi connectivity index (χ0n) is 16.7. The fourth-order valence-electron chi connectivity index (χ4n) is 1.98. The van der Waals surface area contributed by atoms with Crippen LogP contribution in [-0.2, 0) is 20.6 Å². The number of benzene rings is 1. The summed E-state index contributed by atoms with van der Waals surface area (Å²) in [6.45, 7) is 11.2. The van der Waals surface area contributed by atoms with Gasteiger partial charge in [0.25, 0.3) is 0 Å². The molecule has 8 heteroatoms. The van der Waals surface area contributed by atoms with E-state index in [1.807, 2.05) is 46.8 Å². The zero-order valence-corrected chi connectivity index (χ0v) is 18.9. The number of nitrogens with one attached hydrogen (secondary N) is 1. The third-order valence-corrected chi connectivity index (χ3v) is 4.18. The molecule has 1 aromatic rings. The Hall–Kier alpha value is -1.26. The van der Waals surface area contributed by atoms with Crippen LogP contribution in [-0.4, -0.2) is 45.0 Å². The van der Waals surface area contributed by atoms with Gasteiger partial charge in [-0.3, -0.25) is 0 Å². The fraction of sp³-hybridized carbons (Fsp3) is 0.632. The normalized spacial score (nSPS) is 11.2. The highest BCUT2D eigenvalue weighted by molar-refractivity contribution is 14.1. The molecule has 0 heterocycles. The molecule has 0 fully saturated rings. The molecule has 0 bridgehead atoms. The van der Waals surface area contributed by atoms with E-state index in [9.17, 15) is 4.79 Å². The van der Waals surface area contributed by atoms with Crippen LogP contribution in [0.4, 0.5) is 4.79 Å². The minimum absolute atomic E-state index is 0.137. The van der Waals surface area contributed by atoms with Gasteiger partial charge in [0.2, 0.25) is 0 Å². The Morgan fingerprint density at radius 1 is 1.04 bits per heavy atom. The summed E-state index contributed by atoms with van der Waals surface area (Å²) in [5, 5.41) is 2.76. The van der Waals surface area contributed by atoms with E-state index in [4.69, 9.17) is 23.7 Å². The Kier molecular flexibility index (Phi) is 10.8. The molecule has 0 spiro atoms. The molecule has 0 saturated heterocycles. The third-order valence-electron chi connectivity index (χ3n) is 3.18. The van der Waals surface area contributed by atoms with Gasteiger partial charge in [0, 0.05) is 23.3 Å². The van der Waals surface area contributed by atoms with Crippen molar-refractivity contribution < 1.29 is 28.5 Å². The molecule has 0 aliphatic rings. The van der Waals surface area contributed by atoms with Gasteiger partial charge in [-0.2, -0.15) is 0 Å². The van der Waals surface area contributed by atoms with E-state index < -0.39 is 11.7 Å². The molecular weight excluding hydrogens is 465 g/mol. The summed E-state index contributed by atoms with van der Waals surface area (Å²) >= 11 is 2.24. The molecule has 0 radical (unpaired) electrons. The number of alkyl carbamates (subject to hydrolysis) is 1. The first-order valence-corrected chi connectivity index (χ1v) is 10.0. The van der Waals surface area contributed by atoms with E-state index >= 15 is 0 Å². The van der Waals surface area contributed by atoms with Crippen LogP contribution in [0, 0.1) is 3.57 Å². The van der Waals surface area contributed by atoms with Crippen molar-refractivity contribution in [3.8, 4) is 11.5 Å². The van der Waals surface area contributed by atoms with Crippen LogP contribution in [0.25, 0.3) is 0 Å². The maximum atomic E-state index is 11.8. The van der Waals surface area contributed by atoms with Crippen LogP contribution < -0.4 is 14.8 Å². The lowest BCUT2D eigenvalue weighted by Crippen LogP contribution is -2.33. The average molecular weight is 495 g/mol. The van der Waals surface area contributed by atoms with Crippen molar-refractivity contribution in [1.82, 2.24) is 5.32 Å². The lowest BCUT2D eigenvalue weighted by Gasteiger charge is -2.20. The molecule has 27 heavy (non-hydrogen) atoms. The fourth-order valence-corrected chi connectivity index (χ4v) is 2.69. The smallest absolute Gasteiger partial charge is 0.407 e. The van der Waals surface area contributed by atoms with Crippen LogP contribution >= 0.6 is 22.6 Å². The van der Waals surface area contributed by atoms with E-state index in [-0.39, 0.29) is 13.6 Å². The number of hydrogen-bond donors (Lipinski definition) is 1. The number of halogens is 1. The number of carbonyl (C=O) groups is 1. The Morgan fingerprint density at radius 3 is 2.11 bits per heavy atom. The second-order valence-corrected chi connectivity index (χ2v) is 7.74. The molecule has 0 aliphatic heterocycles. The molecule has 7 nitrogen and oxygen atoms in total. The van der Waals surface area contributed by atoms with E-state index in [2.05, 4.69) is 27.9 Å². The van der Waals surface area contributed by atoms with Gasteiger partial charge in [0.05, 0.1) is 0 Å². The van der Waals surface area contributed by atoms with Crippen LogP contribution in [0.2, 0.25) is 0 Å². The van der Waals surface area contributed by atoms with Crippen LogP contribution in [0.3, 0.4) is 0 Å². The standard InChI is InChI=1S/C19H30INO6/c1-6-23-12-25-16-10-14(8-9-21-18(22)27-19(3,4)5)15(20)11-17(16)26-13-24-7-2/h10-11H,6-9,12-13H2,1-5H3,(H,21,22). The Balaban J connectivity index is 2.74. The molecule has 154 valence electrons. The second-order valence-electron chi connectivity index (χ2n) is 6.58. The molecule has 1 rings (SSSR count). The highest BCUT2D eigenvalue weighted by atomic mass is 127. The predicted octanol–water partition coefficient (Wildman–Crippen LogP) is 4.10. The molecule has 0 aromatic heterocycles. The number of rotatable bonds is 11. The van der Waals surface area contributed by atoms with Crippen molar-refractivity contribution in [3.05, 3.63) is 21.3 Å². The van der Waals surface area contributed by atoms with E-state index in [0.29, 0.717) is 37.7 Å². The number of hydrogen-bond acceptors (Lipinski definition) is 6. The van der Waals surface area contributed by atoms with E-state index in [1.54, 1.807) is 0 Å². The minimum atomic E-state index is -0.516. The minimum Gasteiger partial charge on any atom is -0.464 e. The van der Waals surface area contributed by atoms with Crippen molar-refractivity contribution >= 4 is 28.7 Å². The third kappa shape index (κ3) is 10.0. The molecular formula is C19H30INO6.